The van der Waals surface area contributed by atoms with Gasteiger partial charge in [0.15, 0.2) is 0 Å². The molecule has 1 aromatic heterocycles. The second-order valence-corrected chi connectivity index (χ2v) is 4.42. The highest BCUT2D eigenvalue weighted by molar-refractivity contribution is 5.80. The minimum absolute atomic E-state index is 0.249. The van der Waals surface area contributed by atoms with Crippen molar-refractivity contribution in [2.75, 3.05) is 0 Å². The van der Waals surface area contributed by atoms with Gasteiger partial charge in [0.2, 0.25) is 0 Å². The van der Waals surface area contributed by atoms with Crippen molar-refractivity contribution in [1.29, 1.82) is 5.26 Å². The molecule has 0 atom stereocenters. The Morgan fingerprint density at radius 3 is 2.79 bits per heavy atom. The number of aromatic nitrogens is 1. The minimum atomic E-state index is -0.249. The Morgan fingerprint density at radius 2 is 1.95 bits per heavy atom. The third-order valence-corrected chi connectivity index (χ3v) is 3.21. The van der Waals surface area contributed by atoms with Gasteiger partial charge in [-0.05, 0) is 41.3 Å². The number of hydrogen-bond acceptors (Lipinski definition) is 1. The van der Waals surface area contributed by atoms with Crippen LogP contribution < -0.4 is 0 Å². The van der Waals surface area contributed by atoms with Gasteiger partial charge in [0, 0.05) is 12.7 Å². The molecule has 0 saturated heterocycles. The van der Waals surface area contributed by atoms with Gasteiger partial charge in [-0.15, -0.1) is 0 Å². The SMILES string of the molecule is N#Cc1ccccc1Cn1ccc2ccc(F)cc21. The van der Waals surface area contributed by atoms with Crippen LogP contribution in [0.25, 0.3) is 10.9 Å². The van der Waals surface area contributed by atoms with Gasteiger partial charge in [0.25, 0.3) is 0 Å². The second kappa shape index (κ2) is 4.58. The zero-order chi connectivity index (χ0) is 13.2. The summed E-state index contributed by atoms with van der Waals surface area (Å²) >= 11 is 0. The van der Waals surface area contributed by atoms with Crippen LogP contribution in [-0.4, -0.2) is 4.57 Å². The Labute approximate surface area is 110 Å². The largest absolute Gasteiger partial charge is 0.343 e. The van der Waals surface area contributed by atoms with E-state index in [1.165, 1.54) is 12.1 Å². The molecule has 0 fully saturated rings. The molecule has 0 aliphatic heterocycles. The summed E-state index contributed by atoms with van der Waals surface area (Å²) in [5, 5.41) is 10.1. The van der Waals surface area contributed by atoms with Gasteiger partial charge in [-0.2, -0.15) is 5.26 Å². The zero-order valence-electron chi connectivity index (χ0n) is 10.2. The molecule has 0 amide bonds. The maximum Gasteiger partial charge on any atom is 0.125 e. The first-order chi connectivity index (χ1) is 9.28. The third kappa shape index (κ3) is 2.09. The number of halogens is 1. The van der Waals surface area contributed by atoms with Gasteiger partial charge in [-0.1, -0.05) is 18.2 Å². The van der Waals surface area contributed by atoms with Crippen molar-refractivity contribution in [3.8, 4) is 6.07 Å². The van der Waals surface area contributed by atoms with Crippen LogP contribution in [0.3, 0.4) is 0 Å². The molecular formula is C16H11FN2. The molecule has 2 aromatic carbocycles. The summed E-state index contributed by atoms with van der Waals surface area (Å²) in [7, 11) is 0. The molecule has 0 aliphatic carbocycles. The predicted octanol–water partition coefficient (Wildman–Crippen LogP) is 3.70. The molecule has 0 radical (unpaired) electrons. The number of benzene rings is 2. The van der Waals surface area contributed by atoms with E-state index in [-0.39, 0.29) is 5.82 Å². The summed E-state index contributed by atoms with van der Waals surface area (Å²) in [6, 6.07) is 16.3. The lowest BCUT2D eigenvalue weighted by Crippen LogP contribution is -2.00. The van der Waals surface area contributed by atoms with Gasteiger partial charge in [-0.25, -0.2) is 4.39 Å². The lowest BCUT2D eigenvalue weighted by Gasteiger charge is -2.07. The van der Waals surface area contributed by atoms with Gasteiger partial charge >= 0.3 is 0 Å². The lowest BCUT2D eigenvalue weighted by molar-refractivity contribution is 0.628. The normalized spacial score (nSPS) is 10.5. The first-order valence-electron chi connectivity index (χ1n) is 6.00. The standard InChI is InChI=1S/C16H11FN2/c17-15-6-5-12-7-8-19(16(12)9-15)11-14-4-2-1-3-13(14)10-18/h1-9H,11H2. The van der Waals surface area contributed by atoms with Crippen LogP contribution in [0, 0.1) is 17.1 Å². The van der Waals surface area contributed by atoms with E-state index in [0.29, 0.717) is 12.1 Å². The van der Waals surface area contributed by atoms with Crippen LogP contribution in [0.5, 0.6) is 0 Å². The Balaban J connectivity index is 2.06. The van der Waals surface area contributed by atoms with Gasteiger partial charge in [0.1, 0.15) is 5.82 Å². The molecule has 3 rings (SSSR count). The van der Waals surface area contributed by atoms with E-state index >= 15 is 0 Å². The summed E-state index contributed by atoms with van der Waals surface area (Å²) < 4.78 is 15.3. The molecule has 0 spiro atoms. The smallest absolute Gasteiger partial charge is 0.125 e. The van der Waals surface area contributed by atoms with E-state index < -0.39 is 0 Å². The van der Waals surface area contributed by atoms with Crippen LogP contribution in [-0.2, 0) is 6.54 Å². The second-order valence-electron chi connectivity index (χ2n) is 4.42. The molecule has 3 aromatic rings. The topological polar surface area (TPSA) is 28.7 Å². The van der Waals surface area contributed by atoms with Gasteiger partial charge in [0.05, 0.1) is 17.1 Å². The monoisotopic (exact) mass is 250 g/mol. The quantitative estimate of drug-likeness (QED) is 0.681. The number of fused-ring (bicyclic) bond motifs is 1. The lowest BCUT2D eigenvalue weighted by atomic mass is 10.1. The molecule has 1 heterocycles. The van der Waals surface area contributed by atoms with Crippen molar-refractivity contribution in [2.24, 2.45) is 0 Å². The van der Waals surface area contributed by atoms with Crippen LogP contribution in [0.4, 0.5) is 4.39 Å². The van der Waals surface area contributed by atoms with Gasteiger partial charge in [-0.3, -0.25) is 0 Å². The molecule has 0 unspecified atom stereocenters. The highest BCUT2D eigenvalue weighted by Crippen LogP contribution is 2.19. The van der Waals surface area contributed by atoms with Crippen LogP contribution in [0.2, 0.25) is 0 Å². The number of hydrogen-bond donors (Lipinski definition) is 0. The van der Waals surface area contributed by atoms with Crippen molar-refractivity contribution in [3.63, 3.8) is 0 Å². The van der Waals surface area contributed by atoms with Crippen molar-refractivity contribution in [2.45, 2.75) is 6.54 Å². The molecule has 92 valence electrons. The Bertz CT molecular complexity index is 781. The summed E-state index contributed by atoms with van der Waals surface area (Å²) in [5.41, 5.74) is 2.43. The summed E-state index contributed by atoms with van der Waals surface area (Å²) in [5.74, 6) is -0.249. The van der Waals surface area contributed by atoms with Crippen LogP contribution in [0.15, 0.2) is 54.7 Å². The van der Waals surface area contributed by atoms with Crippen LogP contribution in [0.1, 0.15) is 11.1 Å². The van der Waals surface area contributed by atoms with Crippen molar-refractivity contribution < 1.29 is 4.39 Å². The average molecular weight is 250 g/mol. The number of nitrogens with zero attached hydrogens (tertiary/aromatic N) is 2. The first-order valence-corrected chi connectivity index (χ1v) is 6.00. The maximum absolute atomic E-state index is 13.3. The fraction of sp³-hybridized carbons (Fsp3) is 0.0625. The number of rotatable bonds is 2. The van der Waals surface area contributed by atoms with E-state index in [2.05, 4.69) is 6.07 Å². The van der Waals surface area contributed by atoms with Crippen molar-refractivity contribution in [1.82, 2.24) is 4.57 Å². The van der Waals surface area contributed by atoms with E-state index in [1.807, 2.05) is 35.0 Å². The Kier molecular flexibility index (Phi) is 2.77. The summed E-state index contributed by atoms with van der Waals surface area (Å²) in [6.07, 6.45) is 1.91. The molecule has 19 heavy (non-hydrogen) atoms. The Morgan fingerprint density at radius 1 is 1.11 bits per heavy atom. The van der Waals surface area contributed by atoms with E-state index in [9.17, 15) is 4.39 Å². The van der Waals surface area contributed by atoms with Gasteiger partial charge < -0.3 is 4.57 Å². The predicted molar refractivity (Wildman–Crippen MR) is 72.2 cm³/mol. The molecule has 0 bridgehead atoms. The summed E-state index contributed by atoms with van der Waals surface area (Å²) in [4.78, 5) is 0. The average Bonchev–Trinajstić information content (AvgIpc) is 2.82. The van der Waals surface area contributed by atoms with E-state index in [0.717, 1.165) is 16.5 Å². The van der Waals surface area contributed by atoms with E-state index in [4.69, 9.17) is 5.26 Å². The van der Waals surface area contributed by atoms with Crippen LogP contribution >= 0.6 is 0 Å². The molecule has 3 heteroatoms. The Hall–Kier alpha value is -2.60. The third-order valence-electron chi connectivity index (χ3n) is 3.21. The number of nitriles is 1. The maximum atomic E-state index is 13.3. The molecule has 0 saturated carbocycles. The fourth-order valence-electron chi connectivity index (χ4n) is 2.25. The summed E-state index contributed by atoms with van der Waals surface area (Å²) in [6.45, 7) is 0.566. The van der Waals surface area contributed by atoms with E-state index in [1.54, 1.807) is 12.1 Å². The molecule has 0 aliphatic rings. The molecule has 2 nitrogen and oxygen atoms in total. The zero-order valence-corrected chi connectivity index (χ0v) is 10.2. The van der Waals surface area contributed by atoms with Crippen molar-refractivity contribution in [3.05, 3.63) is 71.7 Å². The highest BCUT2D eigenvalue weighted by Gasteiger charge is 2.05. The highest BCUT2D eigenvalue weighted by atomic mass is 19.1. The molecular weight excluding hydrogens is 239 g/mol. The molecule has 0 N–H and O–H groups in total. The fourth-order valence-corrected chi connectivity index (χ4v) is 2.25. The minimum Gasteiger partial charge on any atom is -0.343 e. The van der Waals surface area contributed by atoms with Crippen molar-refractivity contribution >= 4 is 10.9 Å². The first kappa shape index (κ1) is 11.5.